The number of thiophene rings is 1. The van der Waals surface area contributed by atoms with Crippen molar-refractivity contribution in [1.82, 2.24) is 9.13 Å². The van der Waals surface area contributed by atoms with E-state index >= 15 is 0 Å². The minimum Gasteiger partial charge on any atom is -0.462 e. The largest absolute Gasteiger partial charge is 0.462 e. The Morgan fingerprint density at radius 2 is 1.80 bits per heavy atom. The van der Waals surface area contributed by atoms with Gasteiger partial charge in [0, 0.05) is 13.1 Å². The molecule has 0 atom stereocenters. The van der Waals surface area contributed by atoms with Crippen LogP contribution in [0.15, 0.2) is 46.0 Å². The van der Waals surface area contributed by atoms with Crippen molar-refractivity contribution in [1.29, 1.82) is 0 Å². The highest BCUT2D eigenvalue weighted by molar-refractivity contribution is 7.20. The number of aryl methyl sites for hydroxylation is 2. The zero-order valence-corrected chi connectivity index (χ0v) is 16.9. The van der Waals surface area contributed by atoms with Crippen LogP contribution in [0.25, 0.3) is 10.2 Å². The summed E-state index contributed by atoms with van der Waals surface area (Å²) in [6.45, 7) is 1.08. The molecule has 1 aromatic carbocycles. The Balaban J connectivity index is 2.09. The molecular weight excluding hydrogens is 421 g/mol. The number of hydrogen-bond donors (Lipinski definition) is 0. The van der Waals surface area contributed by atoms with Crippen LogP contribution < -0.4 is 11.2 Å². The molecule has 0 aliphatic rings. The summed E-state index contributed by atoms with van der Waals surface area (Å²) in [6.07, 6.45) is -5.35. The van der Waals surface area contributed by atoms with Crippen molar-refractivity contribution in [3.63, 3.8) is 0 Å². The highest BCUT2D eigenvalue weighted by Gasteiger charge is 2.28. The van der Waals surface area contributed by atoms with E-state index in [0.717, 1.165) is 26.0 Å². The van der Waals surface area contributed by atoms with E-state index in [0.29, 0.717) is 6.42 Å². The zero-order chi connectivity index (χ0) is 21.9. The number of carbonyl (C=O) groups is 1. The first-order chi connectivity index (χ1) is 14.2. The highest BCUT2D eigenvalue weighted by Crippen LogP contribution is 2.25. The Hall–Kier alpha value is -2.88. The molecule has 0 unspecified atom stereocenters. The van der Waals surface area contributed by atoms with Gasteiger partial charge in [0.15, 0.2) is 0 Å². The third kappa shape index (κ3) is 4.81. The number of benzene rings is 1. The molecule has 3 aromatic rings. The summed E-state index contributed by atoms with van der Waals surface area (Å²) in [7, 11) is 0. The van der Waals surface area contributed by atoms with E-state index in [9.17, 15) is 27.6 Å². The first-order valence-corrected chi connectivity index (χ1v) is 10.1. The van der Waals surface area contributed by atoms with Gasteiger partial charge in [0.05, 0.1) is 18.4 Å². The molecule has 0 N–H and O–H groups in total. The third-order valence-corrected chi connectivity index (χ3v) is 5.60. The van der Waals surface area contributed by atoms with Gasteiger partial charge in [-0.2, -0.15) is 13.2 Å². The average Bonchev–Trinajstić information content (AvgIpc) is 3.13. The summed E-state index contributed by atoms with van der Waals surface area (Å²) in [5.74, 6) is -0.691. The quantitative estimate of drug-likeness (QED) is 0.527. The minimum absolute atomic E-state index is 0.00816. The van der Waals surface area contributed by atoms with Crippen molar-refractivity contribution >= 4 is 27.5 Å². The molecule has 0 saturated heterocycles. The van der Waals surface area contributed by atoms with Crippen molar-refractivity contribution in [2.24, 2.45) is 0 Å². The monoisotopic (exact) mass is 440 g/mol. The summed E-state index contributed by atoms with van der Waals surface area (Å²) in [6, 6.07) is 10.4. The lowest BCUT2D eigenvalue weighted by molar-refractivity contribution is -0.136. The molecule has 2 aromatic heterocycles. The number of nitrogens with zero attached hydrogens (tertiary/aromatic N) is 2. The van der Waals surface area contributed by atoms with Crippen LogP contribution in [0.5, 0.6) is 0 Å². The van der Waals surface area contributed by atoms with E-state index in [1.807, 2.05) is 30.3 Å². The SMILES string of the molecule is CCOC(=O)c1cc2c(=O)n(CCc3ccccc3)c(=O)n(CCC(F)(F)F)c2s1. The molecule has 0 bridgehead atoms. The van der Waals surface area contributed by atoms with Gasteiger partial charge in [-0.05, 0) is 25.0 Å². The fraction of sp³-hybridized carbons (Fsp3) is 0.350. The second-order valence-corrected chi connectivity index (χ2v) is 7.57. The maximum Gasteiger partial charge on any atom is 0.390 e. The molecule has 0 radical (unpaired) electrons. The van der Waals surface area contributed by atoms with Crippen LogP contribution in [0.3, 0.4) is 0 Å². The second-order valence-electron chi connectivity index (χ2n) is 6.54. The topological polar surface area (TPSA) is 70.3 Å². The Morgan fingerprint density at radius 1 is 1.10 bits per heavy atom. The van der Waals surface area contributed by atoms with Gasteiger partial charge in [-0.25, -0.2) is 9.59 Å². The fourth-order valence-electron chi connectivity index (χ4n) is 3.02. The summed E-state index contributed by atoms with van der Waals surface area (Å²) >= 11 is 0.782. The predicted octanol–water partition coefficient (Wildman–Crippen LogP) is 3.60. The number of ether oxygens (including phenoxy) is 1. The van der Waals surface area contributed by atoms with Gasteiger partial charge in [-0.3, -0.25) is 13.9 Å². The van der Waals surface area contributed by atoms with Crippen LogP contribution in [0, 0.1) is 0 Å². The van der Waals surface area contributed by atoms with Gasteiger partial charge in [0.2, 0.25) is 0 Å². The van der Waals surface area contributed by atoms with Crippen molar-refractivity contribution in [3.05, 3.63) is 67.7 Å². The molecule has 0 spiro atoms. The highest BCUT2D eigenvalue weighted by atomic mass is 32.1. The smallest absolute Gasteiger partial charge is 0.390 e. The Morgan fingerprint density at radius 3 is 2.43 bits per heavy atom. The molecular formula is C20H19F3N2O4S. The molecule has 3 rings (SSSR count). The summed E-state index contributed by atoms with van der Waals surface area (Å²) in [5, 5.41) is 0.0258. The minimum atomic E-state index is -4.47. The second kappa shape index (κ2) is 8.86. The maximum absolute atomic E-state index is 12.9. The van der Waals surface area contributed by atoms with Gasteiger partial charge < -0.3 is 4.74 Å². The molecule has 10 heteroatoms. The van der Waals surface area contributed by atoms with Crippen LogP contribution >= 0.6 is 11.3 Å². The number of halogens is 3. The van der Waals surface area contributed by atoms with Gasteiger partial charge in [-0.1, -0.05) is 30.3 Å². The maximum atomic E-state index is 12.9. The number of fused-ring (bicyclic) bond motifs is 1. The van der Waals surface area contributed by atoms with Gasteiger partial charge in [0.1, 0.15) is 9.71 Å². The van der Waals surface area contributed by atoms with Crippen LogP contribution in [-0.2, 0) is 24.2 Å². The lowest BCUT2D eigenvalue weighted by Gasteiger charge is -2.13. The molecule has 30 heavy (non-hydrogen) atoms. The standard InChI is InChI=1S/C20H19F3N2O4S/c1-2-29-18(27)15-12-14-16(26)24(10-8-13-6-4-3-5-7-13)19(28)25(17(14)30-15)11-9-20(21,22)23/h3-7,12H,2,8-11H2,1H3. The Bertz CT molecular complexity index is 1160. The Labute approximate surface area is 173 Å². The summed E-state index contributed by atoms with van der Waals surface area (Å²) in [4.78, 5) is 37.9. The van der Waals surface area contributed by atoms with E-state index in [1.54, 1.807) is 6.92 Å². The predicted molar refractivity (Wildman–Crippen MR) is 107 cm³/mol. The Kier molecular flexibility index (Phi) is 6.45. The number of hydrogen-bond acceptors (Lipinski definition) is 5. The molecule has 0 saturated carbocycles. The van der Waals surface area contributed by atoms with Gasteiger partial charge in [-0.15, -0.1) is 11.3 Å². The van der Waals surface area contributed by atoms with Gasteiger partial charge >= 0.3 is 17.8 Å². The molecule has 0 aliphatic carbocycles. The van der Waals surface area contributed by atoms with Crippen molar-refractivity contribution in [2.75, 3.05) is 6.61 Å². The van der Waals surface area contributed by atoms with E-state index in [4.69, 9.17) is 4.74 Å². The van der Waals surface area contributed by atoms with Crippen LogP contribution in [-0.4, -0.2) is 27.9 Å². The number of alkyl halides is 3. The van der Waals surface area contributed by atoms with E-state index in [1.165, 1.54) is 6.07 Å². The van der Waals surface area contributed by atoms with Crippen LogP contribution in [0.4, 0.5) is 13.2 Å². The normalized spacial score (nSPS) is 11.7. The zero-order valence-electron chi connectivity index (χ0n) is 16.1. The van der Waals surface area contributed by atoms with Crippen molar-refractivity contribution in [2.45, 2.75) is 39.0 Å². The first kappa shape index (κ1) is 21.8. The van der Waals surface area contributed by atoms with Crippen molar-refractivity contribution in [3.8, 4) is 0 Å². The fourth-order valence-corrected chi connectivity index (χ4v) is 4.08. The summed E-state index contributed by atoms with van der Waals surface area (Å²) < 4.78 is 45.2. The number of aromatic nitrogens is 2. The van der Waals surface area contributed by atoms with Gasteiger partial charge in [0.25, 0.3) is 5.56 Å². The average molecular weight is 440 g/mol. The van der Waals surface area contributed by atoms with E-state index < -0.39 is 36.4 Å². The molecule has 0 amide bonds. The number of carbonyl (C=O) groups excluding carboxylic acids is 1. The van der Waals surface area contributed by atoms with E-state index in [2.05, 4.69) is 0 Å². The van der Waals surface area contributed by atoms with Crippen molar-refractivity contribution < 1.29 is 22.7 Å². The lowest BCUT2D eigenvalue weighted by atomic mass is 10.1. The number of esters is 1. The van der Waals surface area contributed by atoms with E-state index in [-0.39, 0.29) is 28.2 Å². The molecule has 2 heterocycles. The van der Waals surface area contributed by atoms with Crippen LogP contribution in [0.1, 0.15) is 28.6 Å². The first-order valence-electron chi connectivity index (χ1n) is 9.26. The summed E-state index contributed by atoms with van der Waals surface area (Å²) in [5.41, 5.74) is -0.589. The number of rotatable bonds is 7. The molecule has 0 fully saturated rings. The molecule has 160 valence electrons. The molecule has 0 aliphatic heterocycles. The lowest BCUT2D eigenvalue weighted by Crippen LogP contribution is -2.40. The van der Waals surface area contributed by atoms with Crippen LogP contribution in [0.2, 0.25) is 0 Å². The third-order valence-electron chi connectivity index (χ3n) is 4.46. The molecule has 6 nitrogen and oxygen atoms in total.